The molecule has 0 radical (unpaired) electrons. The van der Waals surface area contributed by atoms with Gasteiger partial charge in [0, 0.05) is 36.7 Å². The number of nitrogens with one attached hydrogen (secondary N) is 2. The lowest BCUT2D eigenvalue weighted by molar-refractivity contribution is -0.120. The molecule has 0 aliphatic carbocycles. The first kappa shape index (κ1) is 17.0. The van der Waals surface area contributed by atoms with E-state index < -0.39 is 0 Å². The predicted molar refractivity (Wildman–Crippen MR) is 99.0 cm³/mol. The minimum atomic E-state index is 0.111. The first-order chi connectivity index (χ1) is 11.6. The van der Waals surface area contributed by atoms with Crippen LogP contribution in [0.5, 0.6) is 0 Å². The van der Waals surface area contributed by atoms with E-state index in [2.05, 4.69) is 35.1 Å². The number of fused-ring (bicyclic) bond motifs is 1. The van der Waals surface area contributed by atoms with Crippen LogP contribution >= 0.6 is 0 Å². The fraction of sp³-hybridized carbons (Fsp3) is 0.550. The van der Waals surface area contributed by atoms with Crippen LogP contribution in [0.25, 0.3) is 10.9 Å². The Balaban J connectivity index is 1.40. The van der Waals surface area contributed by atoms with Crippen molar-refractivity contribution >= 4 is 16.8 Å². The van der Waals surface area contributed by atoms with Crippen molar-refractivity contribution in [3.63, 3.8) is 0 Å². The van der Waals surface area contributed by atoms with Gasteiger partial charge in [-0.25, -0.2) is 0 Å². The van der Waals surface area contributed by atoms with Gasteiger partial charge >= 0.3 is 0 Å². The Hall–Kier alpha value is -1.81. The first-order valence-corrected chi connectivity index (χ1v) is 9.16. The van der Waals surface area contributed by atoms with Crippen molar-refractivity contribution in [1.82, 2.24) is 15.2 Å². The second kappa shape index (κ2) is 7.84. The molecule has 0 bridgehead atoms. The van der Waals surface area contributed by atoms with Crippen LogP contribution in [0.3, 0.4) is 0 Å². The molecule has 3 rings (SSSR count). The molecule has 1 aromatic heterocycles. The van der Waals surface area contributed by atoms with Gasteiger partial charge in [-0.2, -0.15) is 0 Å². The van der Waals surface area contributed by atoms with Gasteiger partial charge in [0.25, 0.3) is 0 Å². The summed E-state index contributed by atoms with van der Waals surface area (Å²) in [5, 5.41) is 4.21. The molecule has 1 aromatic carbocycles. The van der Waals surface area contributed by atoms with Crippen molar-refractivity contribution in [2.75, 3.05) is 26.2 Å². The fourth-order valence-electron chi connectivity index (χ4n) is 4.02. The van der Waals surface area contributed by atoms with Crippen molar-refractivity contribution in [1.29, 1.82) is 0 Å². The Bertz CT molecular complexity index is 668. The zero-order valence-electron chi connectivity index (χ0n) is 14.8. The monoisotopic (exact) mass is 327 g/mol. The summed E-state index contributed by atoms with van der Waals surface area (Å²) in [5.41, 5.74) is 2.16. The molecule has 0 spiro atoms. The van der Waals surface area contributed by atoms with Gasteiger partial charge in [-0.05, 0) is 42.9 Å². The quantitative estimate of drug-likeness (QED) is 0.801. The average Bonchev–Trinajstić information content (AvgIpc) is 2.94. The summed E-state index contributed by atoms with van der Waals surface area (Å²) in [6.07, 6.45) is 4.76. The zero-order chi connectivity index (χ0) is 16.9. The number of likely N-dealkylation sites (tertiary alicyclic amines) is 1. The minimum Gasteiger partial charge on any atom is -0.361 e. The fourth-order valence-corrected chi connectivity index (χ4v) is 4.02. The van der Waals surface area contributed by atoms with Gasteiger partial charge in [-0.15, -0.1) is 0 Å². The highest BCUT2D eigenvalue weighted by atomic mass is 16.1. The van der Waals surface area contributed by atoms with E-state index in [9.17, 15) is 4.79 Å². The normalized spacial score (nSPS) is 21.9. The molecular formula is C20H29N3O. The van der Waals surface area contributed by atoms with Gasteiger partial charge in [0.1, 0.15) is 0 Å². The Labute approximate surface area is 144 Å². The van der Waals surface area contributed by atoms with E-state index in [1.165, 1.54) is 19.5 Å². The topological polar surface area (TPSA) is 48.1 Å². The molecule has 2 atom stereocenters. The summed E-state index contributed by atoms with van der Waals surface area (Å²) in [6, 6.07) is 8.12. The van der Waals surface area contributed by atoms with E-state index in [1.807, 2.05) is 24.4 Å². The molecule has 1 saturated heterocycles. The Kier molecular flexibility index (Phi) is 5.56. The number of aromatic amines is 1. The van der Waals surface area contributed by atoms with Crippen molar-refractivity contribution in [3.8, 4) is 0 Å². The Morgan fingerprint density at radius 1 is 1.25 bits per heavy atom. The number of aromatic nitrogens is 1. The highest BCUT2D eigenvalue weighted by Gasteiger charge is 2.21. The molecule has 2 N–H and O–H groups in total. The molecule has 1 amide bonds. The van der Waals surface area contributed by atoms with Gasteiger partial charge in [0.2, 0.25) is 5.91 Å². The van der Waals surface area contributed by atoms with E-state index in [-0.39, 0.29) is 5.91 Å². The highest BCUT2D eigenvalue weighted by molar-refractivity contribution is 5.88. The number of piperidine rings is 1. The zero-order valence-corrected chi connectivity index (χ0v) is 14.8. The molecule has 130 valence electrons. The minimum absolute atomic E-state index is 0.111. The van der Waals surface area contributed by atoms with Crippen LogP contribution in [-0.4, -0.2) is 42.0 Å². The van der Waals surface area contributed by atoms with Crippen molar-refractivity contribution < 1.29 is 4.79 Å². The number of amides is 1. The maximum Gasteiger partial charge on any atom is 0.224 e. The molecule has 1 fully saturated rings. The Morgan fingerprint density at radius 2 is 2.00 bits per heavy atom. The third kappa shape index (κ3) is 4.38. The van der Waals surface area contributed by atoms with Gasteiger partial charge in [-0.3, -0.25) is 4.79 Å². The Morgan fingerprint density at radius 3 is 2.79 bits per heavy atom. The number of para-hydroxylation sites is 1. The van der Waals surface area contributed by atoms with Crippen molar-refractivity contribution in [3.05, 3.63) is 36.0 Å². The molecule has 2 heterocycles. The largest absolute Gasteiger partial charge is 0.361 e. The summed E-state index contributed by atoms with van der Waals surface area (Å²) < 4.78 is 0. The van der Waals surface area contributed by atoms with E-state index in [1.54, 1.807) is 0 Å². The molecule has 0 unspecified atom stereocenters. The lowest BCUT2D eigenvalue weighted by Crippen LogP contribution is -2.40. The molecule has 0 saturated carbocycles. The van der Waals surface area contributed by atoms with Gasteiger partial charge in [-0.1, -0.05) is 32.0 Å². The molecule has 1 aliphatic rings. The average molecular weight is 327 g/mol. The van der Waals surface area contributed by atoms with Crippen LogP contribution < -0.4 is 5.32 Å². The van der Waals surface area contributed by atoms with Crippen LogP contribution in [0.2, 0.25) is 0 Å². The van der Waals surface area contributed by atoms with Crippen molar-refractivity contribution in [2.45, 2.75) is 33.1 Å². The van der Waals surface area contributed by atoms with Crippen molar-refractivity contribution in [2.24, 2.45) is 11.8 Å². The number of carbonyl (C=O) groups excluding carboxylic acids is 1. The third-order valence-electron chi connectivity index (χ3n) is 4.94. The lowest BCUT2D eigenvalue weighted by atomic mass is 9.92. The van der Waals surface area contributed by atoms with Crippen LogP contribution in [0.4, 0.5) is 0 Å². The van der Waals surface area contributed by atoms with Crippen LogP contribution in [0.15, 0.2) is 30.5 Å². The molecule has 2 aromatic rings. The maximum absolute atomic E-state index is 12.2. The smallest absolute Gasteiger partial charge is 0.224 e. The number of benzene rings is 1. The highest BCUT2D eigenvalue weighted by Crippen LogP contribution is 2.21. The number of hydrogen-bond donors (Lipinski definition) is 2. The van der Waals surface area contributed by atoms with Crippen LogP contribution in [-0.2, 0) is 11.2 Å². The van der Waals surface area contributed by atoms with Gasteiger partial charge < -0.3 is 15.2 Å². The number of carbonyl (C=O) groups is 1. The van der Waals surface area contributed by atoms with Crippen LogP contribution in [0, 0.1) is 11.8 Å². The summed E-state index contributed by atoms with van der Waals surface area (Å²) in [7, 11) is 0. The molecule has 4 heteroatoms. The van der Waals surface area contributed by atoms with E-state index in [0.29, 0.717) is 6.42 Å². The summed E-state index contributed by atoms with van der Waals surface area (Å²) in [5.74, 6) is 1.70. The molecule has 24 heavy (non-hydrogen) atoms. The SMILES string of the molecule is C[C@@H]1C[C@H](C)CN(CCCNC(=O)Cc2c[nH]c3ccccc23)C1. The van der Waals surface area contributed by atoms with E-state index in [0.717, 1.165) is 47.8 Å². The number of rotatable bonds is 6. The van der Waals surface area contributed by atoms with Gasteiger partial charge in [0.05, 0.1) is 6.42 Å². The molecule has 4 nitrogen and oxygen atoms in total. The first-order valence-electron chi connectivity index (χ1n) is 9.16. The summed E-state index contributed by atoms with van der Waals surface area (Å²) in [6.45, 7) is 8.93. The summed E-state index contributed by atoms with van der Waals surface area (Å²) >= 11 is 0. The second-order valence-electron chi connectivity index (χ2n) is 7.45. The standard InChI is InChI=1S/C20H29N3O/c1-15-10-16(2)14-23(13-15)9-5-8-21-20(24)11-17-12-22-19-7-4-3-6-18(17)19/h3-4,6-7,12,15-16,22H,5,8-11,13-14H2,1-2H3,(H,21,24)/t15-,16+. The van der Waals surface area contributed by atoms with E-state index >= 15 is 0 Å². The predicted octanol–water partition coefficient (Wildman–Crippen LogP) is 3.19. The molecule has 1 aliphatic heterocycles. The lowest BCUT2D eigenvalue weighted by Gasteiger charge is -2.34. The number of hydrogen-bond acceptors (Lipinski definition) is 2. The number of H-pyrrole nitrogens is 1. The van der Waals surface area contributed by atoms with Crippen LogP contribution in [0.1, 0.15) is 32.3 Å². The number of nitrogens with zero attached hydrogens (tertiary/aromatic N) is 1. The second-order valence-corrected chi connectivity index (χ2v) is 7.45. The summed E-state index contributed by atoms with van der Waals surface area (Å²) in [4.78, 5) is 17.9. The van der Waals surface area contributed by atoms with E-state index in [4.69, 9.17) is 0 Å². The van der Waals surface area contributed by atoms with Gasteiger partial charge in [0.15, 0.2) is 0 Å². The maximum atomic E-state index is 12.2. The molecular weight excluding hydrogens is 298 g/mol. The third-order valence-corrected chi connectivity index (χ3v) is 4.94.